The smallest absolute Gasteiger partial charge is 0.257 e. The van der Waals surface area contributed by atoms with E-state index in [4.69, 9.17) is 62.4 Å². The van der Waals surface area contributed by atoms with Crippen LogP contribution in [-0.4, -0.2) is 21.1 Å². The summed E-state index contributed by atoms with van der Waals surface area (Å²) in [5.41, 5.74) is 2.50. The fourth-order valence-electron chi connectivity index (χ4n) is 4.08. The number of rotatable bonds is 6. The Labute approximate surface area is 236 Å². The lowest BCUT2D eigenvalue weighted by atomic mass is 10.1. The first kappa shape index (κ1) is 25.9. The van der Waals surface area contributed by atoms with Gasteiger partial charge in [0, 0.05) is 32.9 Å². The van der Waals surface area contributed by atoms with Gasteiger partial charge in [-0.15, -0.1) is 23.2 Å². The fraction of sp³-hybridized carbons (Fsp3) is 0.115. The van der Waals surface area contributed by atoms with Crippen molar-refractivity contribution in [2.45, 2.75) is 10.3 Å². The molecule has 1 aromatic heterocycles. The molecule has 37 heavy (non-hydrogen) atoms. The zero-order valence-electron chi connectivity index (χ0n) is 18.6. The highest BCUT2D eigenvalue weighted by Gasteiger charge is 2.67. The number of oxazole rings is 1. The molecule has 1 heterocycles. The zero-order valence-corrected chi connectivity index (χ0v) is 22.4. The molecule has 1 fully saturated rings. The lowest BCUT2D eigenvalue weighted by Crippen LogP contribution is -2.18. The number of halogens is 5. The second-order valence-corrected chi connectivity index (χ2v) is 11.1. The molecule has 1 aliphatic carbocycles. The summed E-state index contributed by atoms with van der Waals surface area (Å²) in [6, 6.07) is 16.5. The predicted molar refractivity (Wildman–Crippen MR) is 147 cm³/mol. The van der Waals surface area contributed by atoms with Crippen LogP contribution >= 0.6 is 58.0 Å². The molecule has 0 bridgehead atoms. The van der Waals surface area contributed by atoms with Gasteiger partial charge in [-0.05, 0) is 66.2 Å². The molecule has 5 rings (SSSR count). The summed E-state index contributed by atoms with van der Waals surface area (Å²) in [6.07, 6.45) is 3.03. The van der Waals surface area contributed by atoms with Crippen LogP contribution < -0.4 is 10.6 Å². The maximum absolute atomic E-state index is 13.0. The molecule has 188 valence electrons. The molecule has 11 heteroatoms. The molecule has 0 unspecified atom stereocenters. The minimum atomic E-state index is -1.33. The van der Waals surface area contributed by atoms with E-state index in [0.29, 0.717) is 32.9 Å². The van der Waals surface area contributed by atoms with E-state index in [1.54, 1.807) is 54.7 Å². The highest BCUT2D eigenvalue weighted by molar-refractivity contribution is 6.53. The summed E-state index contributed by atoms with van der Waals surface area (Å²) < 4.78 is 3.94. The molecule has 1 aliphatic rings. The van der Waals surface area contributed by atoms with Gasteiger partial charge in [0.1, 0.15) is 10.6 Å². The third-order valence-corrected chi connectivity index (χ3v) is 7.59. The quantitative estimate of drug-likeness (QED) is 0.221. The van der Waals surface area contributed by atoms with E-state index in [-0.39, 0.29) is 10.6 Å². The van der Waals surface area contributed by atoms with Crippen molar-refractivity contribution >= 4 is 81.2 Å². The second kappa shape index (κ2) is 10.2. The number of benzene rings is 3. The van der Waals surface area contributed by atoms with Crippen LogP contribution in [0.5, 0.6) is 0 Å². The fourth-order valence-corrected chi connectivity index (χ4v) is 5.65. The summed E-state index contributed by atoms with van der Waals surface area (Å²) in [7, 11) is 0. The highest BCUT2D eigenvalue weighted by atomic mass is 35.5. The molecule has 0 aliphatic heterocycles. The first-order valence-electron chi connectivity index (χ1n) is 10.9. The van der Waals surface area contributed by atoms with Crippen LogP contribution in [0.1, 0.15) is 21.8 Å². The Balaban J connectivity index is 1.29. The molecule has 4 aromatic rings. The van der Waals surface area contributed by atoms with Gasteiger partial charge < -0.3 is 15.1 Å². The van der Waals surface area contributed by atoms with Crippen LogP contribution in [0.15, 0.2) is 77.5 Å². The lowest BCUT2D eigenvalue weighted by molar-refractivity contribution is -0.117. The number of nitrogens with zero attached hydrogens (tertiary/aromatic N) is 1. The third kappa shape index (κ3) is 5.44. The highest BCUT2D eigenvalue weighted by Crippen LogP contribution is 2.65. The lowest BCUT2D eigenvalue weighted by Gasteiger charge is -2.11. The molecule has 2 amide bonds. The Morgan fingerprint density at radius 2 is 1.54 bits per heavy atom. The number of aromatic nitrogens is 1. The van der Waals surface area contributed by atoms with E-state index in [1.807, 2.05) is 0 Å². The van der Waals surface area contributed by atoms with Crippen LogP contribution in [0.4, 0.5) is 11.4 Å². The van der Waals surface area contributed by atoms with Crippen LogP contribution in [0.2, 0.25) is 15.1 Å². The van der Waals surface area contributed by atoms with Crippen molar-refractivity contribution in [1.82, 2.24) is 4.98 Å². The Morgan fingerprint density at radius 1 is 0.865 bits per heavy atom. The SMILES string of the molecule is O=C(Nc1ccc(-c2ncco2)cc1)c1cc(NC(=O)[C@H]2[C@H](c3cc(Cl)cc(Cl)c3)C2(Cl)Cl)ccc1Cl. The third-order valence-electron chi connectivity index (χ3n) is 5.88. The number of hydrogen-bond acceptors (Lipinski definition) is 4. The van der Waals surface area contributed by atoms with Crippen molar-refractivity contribution in [1.29, 1.82) is 0 Å². The molecule has 1 saturated carbocycles. The number of alkyl halides is 2. The molecular formula is C26H16Cl5N3O3. The predicted octanol–water partition coefficient (Wildman–Crippen LogP) is 8.08. The average molecular weight is 596 g/mol. The van der Waals surface area contributed by atoms with Gasteiger partial charge in [-0.3, -0.25) is 9.59 Å². The molecule has 6 nitrogen and oxygen atoms in total. The standard InChI is InChI=1S/C26H16Cl5N3O3/c27-15-9-14(10-16(28)11-15)21-22(26(21,30)31)24(36)34-18-5-6-20(29)19(12-18)23(35)33-17-3-1-13(2-4-17)25-32-7-8-37-25/h1-12,21-22H,(H,33,35)(H,34,36)/t21-,22+/m0/s1. The van der Waals surface area contributed by atoms with Crippen molar-refractivity contribution in [3.8, 4) is 11.5 Å². The van der Waals surface area contributed by atoms with Gasteiger partial charge in [-0.1, -0.05) is 34.8 Å². The maximum Gasteiger partial charge on any atom is 0.257 e. The summed E-state index contributed by atoms with van der Waals surface area (Å²) in [4.78, 5) is 30.1. The van der Waals surface area contributed by atoms with Crippen molar-refractivity contribution in [3.63, 3.8) is 0 Å². The van der Waals surface area contributed by atoms with Crippen LogP contribution in [0.25, 0.3) is 11.5 Å². The van der Waals surface area contributed by atoms with E-state index < -0.39 is 28.0 Å². The van der Waals surface area contributed by atoms with E-state index >= 15 is 0 Å². The molecule has 0 spiro atoms. The normalized spacial score (nSPS) is 17.8. The minimum Gasteiger partial charge on any atom is -0.445 e. The number of carbonyl (C=O) groups excluding carboxylic acids is 2. The number of amides is 2. The van der Waals surface area contributed by atoms with Gasteiger partial charge >= 0.3 is 0 Å². The van der Waals surface area contributed by atoms with Crippen LogP contribution in [0.3, 0.4) is 0 Å². The number of nitrogens with one attached hydrogen (secondary N) is 2. The van der Waals surface area contributed by atoms with Crippen molar-refractivity contribution < 1.29 is 14.0 Å². The van der Waals surface area contributed by atoms with Gasteiger partial charge in [0.15, 0.2) is 0 Å². The molecule has 2 N–H and O–H groups in total. The second-order valence-electron chi connectivity index (χ2n) is 8.39. The van der Waals surface area contributed by atoms with Gasteiger partial charge in [0.05, 0.1) is 22.7 Å². The summed E-state index contributed by atoms with van der Waals surface area (Å²) >= 11 is 31.3. The van der Waals surface area contributed by atoms with E-state index in [9.17, 15) is 9.59 Å². The van der Waals surface area contributed by atoms with E-state index in [2.05, 4.69) is 15.6 Å². The molecular weight excluding hydrogens is 580 g/mol. The van der Waals surface area contributed by atoms with Gasteiger partial charge in [-0.2, -0.15) is 0 Å². The zero-order chi connectivity index (χ0) is 26.3. The van der Waals surface area contributed by atoms with Crippen LogP contribution in [0, 0.1) is 5.92 Å². The van der Waals surface area contributed by atoms with Crippen molar-refractivity contribution in [2.75, 3.05) is 10.6 Å². The van der Waals surface area contributed by atoms with Crippen LogP contribution in [-0.2, 0) is 4.79 Å². The Morgan fingerprint density at radius 3 is 2.19 bits per heavy atom. The van der Waals surface area contributed by atoms with E-state index in [0.717, 1.165) is 5.56 Å². The topological polar surface area (TPSA) is 84.2 Å². The summed E-state index contributed by atoms with van der Waals surface area (Å²) in [6.45, 7) is 0. The Kier molecular flexibility index (Phi) is 7.14. The van der Waals surface area contributed by atoms with E-state index in [1.165, 1.54) is 18.4 Å². The van der Waals surface area contributed by atoms with Gasteiger partial charge in [0.25, 0.3) is 5.91 Å². The minimum absolute atomic E-state index is 0.174. The first-order valence-corrected chi connectivity index (χ1v) is 12.8. The van der Waals surface area contributed by atoms with Crippen molar-refractivity contribution in [2.24, 2.45) is 5.92 Å². The first-order chi connectivity index (χ1) is 17.6. The Hall–Kier alpha value is -2.74. The molecule has 0 saturated heterocycles. The summed E-state index contributed by atoms with van der Waals surface area (Å²) in [5.74, 6) is -1.64. The average Bonchev–Trinajstić information content (AvgIpc) is 3.16. The molecule has 2 atom stereocenters. The molecule has 0 radical (unpaired) electrons. The monoisotopic (exact) mass is 593 g/mol. The summed E-state index contributed by atoms with van der Waals surface area (Å²) in [5, 5.41) is 6.60. The van der Waals surface area contributed by atoms with Gasteiger partial charge in [-0.25, -0.2) is 4.98 Å². The number of anilines is 2. The Bertz CT molecular complexity index is 1470. The maximum atomic E-state index is 13.0. The largest absolute Gasteiger partial charge is 0.445 e. The number of hydrogen-bond donors (Lipinski definition) is 2. The van der Waals surface area contributed by atoms with Crippen molar-refractivity contribution in [3.05, 3.63) is 99.3 Å². The van der Waals surface area contributed by atoms with Gasteiger partial charge in [0.2, 0.25) is 11.8 Å². The number of carbonyl (C=O) groups is 2. The molecule has 3 aromatic carbocycles.